The molecule has 134 valence electrons. The predicted octanol–water partition coefficient (Wildman–Crippen LogP) is 4.44. The number of aliphatic hydroxyl groups excluding tert-OH is 1. The molecule has 1 saturated heterocycles. The van der Waals surface area contributed by atoms with Crippen LogP contribution in [0.4, 0.5) is 0 Å². The summed E-state index contributed by atoms with van der Waals surface area (Å²) in [6.45, 7) is 6.27. The molecule has 0 spiro atoms. The number of rotatable bonds is 7. The third-order valence-corrected chi connectivity index (χ3v) is 5.03. The van der Waals surface area contributed by atoms with Crippen LogP contribution in [0, 0.1) is 5.41 Å². The first kappa shape index (κ1) is 18.2. The van der Waals surface area contributed by atoms with Crippen molar-refractivity contribution in [2.75, 3.05) is 6.54 Å². The molecule has 1 amide bonds. The van der Waals surface area contributed by atoms with Crippen LogP contribution < -0.4 is 0 Å². The van der Waals surface area contributed by atoms with Crippen LogP contribution in [0.1, 0.15) is 36.6 Å². The molecule has 3 atom stereocenters. The Morgan fingerprint density at radius 2 is 1.77 bits per heavy atom. The largest absolute Gasteiger partial charge is 0.387 e. The maximum absolute atomic E-state index is 13.2. The number of hydrogen-bond acceptors (Lipinski definition) is 2. The van der Waals surface area contributed by atoms with Crippen LogP contribution in [0.15, 0.2) is 85.5 Å². The molecule has 0 radical (unpaired) electrons. The van der Waals surface area contributed by atoms with E-state index in [0.29, 0.717) is 6.54 Å². The summed E-state index contributed by atoms with van der Waals surface area (Å²) in [6.07, 6.45) is 5.51. The van der Waals surface area contributed by atoms with E-state index in [0.717, 1.165) is 17.5 Å². The monoisotopic (exact) mass is 347 g/mol. The zero-order chi connectivity index (χ0) is 18.6. The van der Waals surface area contributed by atoms with E-state index < -0.39 is 11.5 Å². The maximum atomic E-state index is 13.2. The van der Waals surface area contributed by atoms with E-state index in [2.05, 4.69) is 6.58 Å². The maximum Gasteiger partial charge on any atom is 0.238 e. The van der Waals surface area contributed by atoms with Crippen molar-refractivity contribution in [2.24, 2.45) is 5.41 Å². The number of likely N-dealkylation sites (tertiary alicyclic amines) is 1. The highest BCUT2D eigenvalue weighted by Gasteiger charge is 2.63. The molecular weight excluding hydrogens is 322 g/mol. The summed E-state index contributed by atoms with van der Waals surface area (Å²) in [5.74, 6) is -0.0627. The smallest absolute Gasteiger partial charge is 0.238 e. The molecule has 1 aliphatic heterocycles. The second-order valence-electron chi connectivity index (χ2n) is 6.62. The highest BCUT2D eigenvalue weighted by molar-refractivity contribution is 5.93. The minimum Gasteiger partial charge on any atom is -0.387 e. The molecule has 3 heteroatoms. The quantitative estimate of drug-likeness (QED) is 0.594. The molecule has 0 saturated carbocycles. The van der Waals surface area contributed by atoms with Crippen LogP contribution in [0.5, 0.6) is 0 Å². The van der Waals surface area contributed by atoms with Crippen LogP contribution >= 0.6 is 0 Å². The summed E-state index contributed by atoms with van der Waals surface area (Å²) in [6, 6.07) is 19.1. The lowest BCUT2D eigenvalue weighted by atomic mass is 9.62. The van der Waals surface area contributed by atoms with Crippen LogP contribution in [-0.2, 0) is 4.79 Å². The molecule has 0 aliphatic carbocycles. The lowest BCUT2D eigenvalue weighted by Crippen LogP contribution is -2.64. The summed E-state index contributed by atoms with van der Waals surface area (Å²) < 4.78 is 0. The van der Waals surface area contributed by atoms with Gasteiger partial charge in [0.2, 0.25) is 5.91 Å². The van der Waals surface area contributed by atoms with Gasteiger partial charge in [-0.1, -0.05) is 85.8 Å². The highest BCUT2D eigenvalue weighted by Crippen LogP contribution is 2.57. The van der Waals surface area contributed by atoms with Crippen molar-refractivity contribution >= 4 is 5.91 Å². The first-order valence-corrected chi connectivity index (χ1v) is 9.04. The second kappa shape index (κ2) is 7.71. The van der Waals surface area contributed by atoms with Gasteiger partial charge in [-0.25, -0.2) is 0 Å². The van der Waals surface area contributed by atoms with Crippen LogP contribution in [0.3, 0.4) is 0 Å². The summed E-state index contributed by atoms with van der Waals surface area (Å²) in [5.41, 5.74) is 0.771. The Bertz CT molecular complexity index is 784. The van der Waals surface area contributed by atoms with E-state index in [1.165, 1.54) is 0 Å². The fraction of sp³-hybridized carbons (Fsp3) is 0.261. The van der Waals surface area contributed by atoms with Crippen LogP contribution in [0.2, 0.25) is 0 Å². The molecule has 1 aliphatic rings. The number of aliphatic hydroxyl groups is 1. The van der Waals surface area contributed by atoms with Crippen LogP contribution in [0.25, 0.3) is 0 Å². The number of β-lactam (4-membered cyclic amide) rings is 1. The Hall–Kier alpha value is -2.65. The number of amides is 1. The van der Waals surface area contributed by atoms with Gasteiger partial charge in [0.05, 0.1) is 12.1 Å². The molecule has 1 heterocycles. The topological polar surface area (TPSA) is 40.5 Å². The predicted molar refractivity (Wildman–Crippen MR) is 104 cm³/mol. The van der Waals surface area contributed by atoms with Gasteiger partial charge in [0.1, 0.15) is 5.41 Å². The molecule has 1 fully saturated rings. The average molecular weight is 347 g/mol. The van der Waals surface area contributed by atoms with E-state index >= 15 is 0 Å². The van der Waals surface area contributed by atoms with Gasteiger partial charge in [-0.05, 0) is 17.5 Å². The number of carbonyl (C=O) groups is 1. The van der Waals surface area contributed by atoms with Gasteiger partial charge in [-0.3, -0.25) is 4.79 Å². The van der Waals surface area contributed by atoms with Crippen molar-refractivity contribution in [3.05, 3.63) is 96.6 Å². The molecule has 2 aromatic rings. The summed E-state index contributed by atoms with van der Waals surface area (Å²) in [4.78, 5) is 15.0. The zero-order valence-electron chi connectivity index (χ0n) is 15.1. The van der Waals surface area contributed by atoms with Gasteiger partial charge in [0.25, 0.3) is 0 Å². The molecule has 0 unspecified atom stereocenters. The highest BCUT2D eigenvalue weighted by atomic mass is 16.3. The van der Waals surface area contributed by atoms with E-state index in [9.17, 15) is 9.90 Å². The third-order valence-electron chi connectivity index (χ3n) is 5.03. The van der Waals surface area contributed by atoms with E-state index in [1.807, 2.05) is 79.7 Å². The van der Waals surface area contributed by atoms with Crippen molar-refractivity contribution in [3.63, 3.8) is 0 Å². The molecular formula is C23H25NO2. The molecule has 3 nitrogen and oxygen atoms in total. The number of hydrogen-bond donors (Lipinski definition) is 1. The minimum absolute atomic E-state index is 0.0627. The van der Waals surface area contributed by atoms with Crippen molar-refractivity contribution in [1.29, 1.82) is 0 Å². The first-order chi connectivity index (χ1) is 12.7. The number of carbonyl (C=O) groups excluding carboxylic acids is 1. The molecule has 2 aromatic carbocycles. The van der Waals surface area contributed by atoms with E-state index in [-0.39, 0.29) is 11.9 Å². The Morgan fingerprint density at radius 1 is 1.15 bits per heavy atom. The van der Waals surface area contributed by atoms with E-state index in [4.69, 9.17) is 0 Å². The summed E-state index contributed by atoms with van der Waals surface area (Å²) >= 11 is 0. The van der Waals surface area contributed by atoms with Gasteiger partial charge in [0.15, 0.2) is 0 Å². The van der Waals surface area contributed by atoms with Gasteiger partial charge >= 0.3 is 0 Å². The number of benzene rings is 2. The Balaban J connectivity index is 2.13. The molecule has 26 heavy (non-hydrogen) atoms. The first-order valence-electron chi connectivity index (χ1n) is 9.04. The zero-order valence-corrected chi connectivity index (χ0v) is 15.1. The van der Waals surface area contributed by atoms with Gasteiger partial charge in [-0.2, -0.15) is 0 Å². The average Bonchev–Trinajstić information content (AvgIpc) is 2.70. The van der Waals surface area contributed by atoms with E-state index in [1.54, 1.807) is 11.0 Å². The van der Waals surface area contributed by atoms with Crippen molar-refractivity contribution < 1.29 is 9.90 Å². The lowest BCUT2D eigenvalue weighted by Gasteiger charge is -2.57. The fourth-order valence-electron chi connectivity index (χ4n) is 3.84. The Labute approximate surface area is 155 Å². The third kappa shape index (κ3) is 2.89. The Morgan fingerprint density at radius 3 is 2.35 bits per heavy atom. The van der Waals surface area contributed by atoms with Crippen molar-refractivity contribution in [2.45, 2.75) is 25.5 Å². The number of allylic oxidation sites excluding steroid dienone is 1. The van der Waals surface area contributed by atoms with Gasteiger partial charge in [0, 0.05) is 6.54 Å². The SMILES string of the molecule is C=CCN1C(=O)[C@](/C=C/CC)([C@@H](O)c2ccccc2)[C@H]1c1ccccc1. The minimum atomic E-state index is -0.998. The summed E-state index contributed by atoms with van der Waals surface area (Å²) in [7, 11) is 0. The Kier molecular flexibility index (Phi) is 5.38. The normalized spacial score (nSPS) is 23.7. The van der Waals surface area contributed by atoms with Crippen molar-refractivity contribution in [3.8, 4) is 0 Å². The molecule has 0 bridgehead atoms. The number of nitrogens with zero attached hydrogens (tertiary/aromatic N) is 1. The lowest BCUT2D eigenvalue weighted by molar-refractivity contribution is -0.179. The van der Waals surface area contributed by atoms with Gasteiger partial charge < -0.3 is 10.0 Å². The second-order valence-corrected chi connectivity index (χ2v) is 6.62. The fourth-order valence-corrected chi connectivity index (χ4v) is 3.84. The van der Waals surface area contributed by atoms with Crippen molar-refractivity contribution in [1.82, 2.24) is 4.90 Å². The molecule has 0 aromatic heterocycles. The molecule has 1 N–H and O–H groups in total. The molecule has 3 rings (SSSR count). The standard InChI is InChI=1S/C23H25NO2/c1-3-5-16-23(21(25)19-14-10-7-11-15-19)20(18-12-8-6-9-13-18)24(17-4-2)22(23)26/h4-16,20-21,25H,2-3,17H2,1H3/b16-5+/t20-,21+,23+/m1/s1. The summed E-state index contributed by atoms with van der Waals surface area (Å²) in [5, 5.41) is 11.3. The van der Waals surface area contributed by atoms with Gasteiger partial charge in [-0.15, -0.1) is 6.58 Å². The van der Waals surface area contributed by atoms with Crippen LogP contribution in [-0.4, -0.2) is 22.5 Å².